The summed E-state index contributed by atoms with van der Waals surface area (Å²) in [6.07, 6.45) is 0.880. The summed E-state index contributed by atoms with van der Waals surface area (Å²) in [6, 6.07) is 2.35. The molecule has 0 bridgehead atoms. The van der Waals surface area contributed by atoms with E-state index in [-0.39, 0.29) is 6.04 Å². The van der Waals surface area contributed by atoms with Crippen molar-refractivity contribution in [3.63, 3.8) is 0 Å². The number of hydrogen-bond donors (Lipinski definition) is 1. The first kappa shape index (κ1) is 15.3. The van der Waals surface area contributed by atoms with Gasteiger partial charge in [0.2, 0.25) is 0 Å². The summed E-state index contributed by atoms with van der Waals surface area (Å²) >= 11 is 3.66. The third kappa shape index (κ3) is 2.81. The second-order valence-corrected chi connectivity index (χ2v) is 5.83. The van der Waals surface area contributed by atoms with Crippen LogP contribution in [0.4, 0.5) is 0 Å². The summed E-state index contributed by atoms with van der Waals surface area (Å²) in [6.45, 7) is 7.04. The second-order valence-electron chi connectivity index (χ2n) is 5.04. The Balaban J connectivity index is 2.34. The predicted molar refractivity (Wildman–Crippen MR) is 83.8 cm³/mol. The molecule has 2 aromatic rings. The minimum Gasteiger partial charge on any atom is -0.311 e. The maximum atomic E-state index is 4.56. The molecule has 0 fully saturated rings. The van der Waals surface area contributed by atoms with Crippen LogP contribution in [0.2, 0.25) is 0 Å². The van der Waals surface area contributed by atoms with E-state index in [0.717, 1.165) is 28.8 Å². The van der Waals surface area contributed by atoms with Crippen LogP contribution in [-0.4, -0.2) is 26.6 Å². The van der Waals surface area contributed by atoms with E-state index in [0.29, 0.717) is 0 Å². The second kappa shape index (κ2) is 6.10. The van der Waals surface area contributed by atoms with Gasteiger partial charge in [-0.05, 0) is 49.8 Å². The van der Waals surface area contributed by atoms with E-state index in [9.17, 15) is 0 Å². The first-order valence-corrected chi connectivity index (χ1v) is 7.66. The summed E-state index contributed by atoms with van der Waals surface area (Å²) in [7, 11) is 3.98. The monoisotopic (exact) mass is 339 g/mol. The number of nitrogens with one attached hydrogen (secondary N) is 1. The molecule has 0 saturated carbocycles. The Labute approximate surface area is 128 Å². The van der Waals surface area contributed by atoms with Crippen LogP contribution in [0.15, 0.2) is 10.5 Å². The van der Waals surface area contributed by atoms with Crippen LogP contribution in [0.25, 0.3) is 0 Å². The van der Waals surface area contributed by atoms with Crippen molar-refractivity contribution in [2.45, 2.75) is 39.8 Å². The van der Waals surface area contributed by atoms with Crippen LogP contribution in [-0.2, 0) is 20.0 Å². The van der Waals surface area contributed by atoms with Crippen molar-refractivity contribution in [2.75, 3.05) is 7.05 Å². The summed E-state index contributed by atoms with van der Waals surface area (Å²) in [5.74, 6) is 0. The Kier molecular flexibility index (Phi) is 4.65. The third-order valence-electron chi connectivity index (χ3n) is 3.59. The molecular weight excluding hydrogens is 318 g/mol. The van der Waals surface area contributed by atoms with Gasteiger partial charge in [-0.15, -0.1) is 0 Å². The summed E-state index contributed by atoms with van der Waals surface area (Å²) in [5, 5.41) is 12.4. The highest BCUT2D eigenvalue weighted by molar-refractivity contribution is 9.10. The molecular formula is C14H22BrN5. The molecule has 1 N–H and O–H groups in total. The molecule has 2 heterocycles. The maximum absolute atomic E-state index is 4.56. The van der Waals surface area contributed by atoms with Gasteiger partial charge in [0.25, 0.3) is 0 Å². The Bertz CT molecular complexity index is 599. The number of rotatable bonds is 5. The molecule has 0 aliphatic rings. The summed E-state index contributed by atoms with van der Waals surface area (Å²) in [5.41, 5.74) is 4.50. The van der Waals surface area contributed by atoms with Gasteiger partial charge in [0.05, 0.1) is 33.3 Å². The molecule has 2 rings (SSSR count). The number of likely N-dealkylation sites (N-methyl/N-ethyl adjacent to an activating group) is 1. The Morgan fingerprint density at radius 1 is 1.35 bits per heavy atom. The van der Waals surface area contributed by atoms with Gasteiger partial charge in [-0.1, -0.05) is 0 Å². The van der Waals surface area contributed by atoms with E-state index in [1.165, 1.54) is 11.4 Å². The predicted octanol–water partition coefficient (Wildman–Crippen LogP) is 2.52. The Hall–Kier alpha value is -1.14. The van der Waals surface area contributed by atoms with Crippen LogP contribution >= 0.6 is 15.9 Å². The fraction of sp³-hybridized carbons (Fsp3) is 0.571. The lowest BCUT2D eigenvalue weighted by Crippen LogP contribution is -2.23. The van der Waals surface area contributed by atoms with Crippen molar-refractivity contribution in [3.8, 4) is 0 Å². The first-order chi connectivity index (χ1) is 9.47. The lowest BCUT2D eigenvalue weighted by atomic mass is 10.1. The number of aryl methyl sites for hydroxylation is 4. The number of halogens is 1. The number of hydrogen-bond acceptors (Lipinski definition) is 3. The lowest BCUT2D eigenvalue weighted by molar-refractivity contribution is 0.507. The quantitative estimate of drug-likeness (QED) is 0.910. The van der Waals surface area contributed by atoms with E-state index >= 15 is 0 Å². The van der Waals surface area contributed by atoms with Gasteiger partial charge in [0, 0.05) is 20.0 Å². The summed E-state index contributed by atoms with van der Waals surface area (Å²) < 4.78 is 5.12. The molecule has 6 heteroatoms. The first-order valence-electron chi connectivity index (χ1n) is 6.87. The maximum Gasteiger partial charge on any atom is 0.0738 e. The van der Waals surface area contributed by atoms with Gasteiger partial charge in [0.1, 0.15) is 0 Å². The van der Waals surface area contributed by atoms with Gasteiger partial charge in [-0.25, -0.2) is 0 Å². The van der Waals surface area contributed by atoms with Crippen LogP contribution < -0.4 is 5.32 Å². The van der Waals surface area contributed by atoms with Crippen LogP contribution in [0.3, 0.4) is 0 Å². The molecule has 20 heavy (non-hydrogen) atoms. The molecule has 2 aromatic heterocycles. The Morgan fingerprint density at radius 2 is 2.05 bits per heavy atom. The van der Waals surface area contributed by atoms with E-state index in [1.807, 2.05) is 32.6 Å². The van der Waals surface area contributed by atoms with Crippen molar-refractivity contribution in [2.24, 2.45) is 7.05 Å². The minimum absolute atomic E-state index is 0.221. The molecule has 5 nitrogen and oxygen atoms in total. The molecule has 0 aliphatic carbocycles. The normalized spacial score (nSPS) is 12.9. The van der Waals surface area contributed by atoms with Crippen molar-refractivity contribution >= 4 is 15.9 Å². The molecule has 0 radical (unpaired) electrons. The van der Waals surface area contributed by atoms with E-state index in [1.54, 1.807) is 0 Å². The van der Waals surface area contributed by atoms with Gasteiger partial charge in [0.15, 0.2) is 0 Å². The number of aromatic nitrogens is 4. The molecule has 0 aliphatic heterocycles. The highest BCUT2D eigenvalue weighted by atomic mass is 79.9. The third-order valence-corrected chi connectivity index (χ3v) is 4.63. The zero-order valence-corrected chi connectivity index (χ0v) is 14.3. The van der Waals surface area contributed by atoms with Gasteiger partial charge in [-0.3, -0.25) is 9.36 Å². The average molecular weight is 340 g/mol. The minimum atomic E-state index is 0.221. The lowest BCUT2D eigenvalue weighted by Gasteiger charge is -2.17. The van der Waals surface area contributed by atoms with Crippen LogP contribution in [0.1, 0.15) is 35.7 Å². The molecule has 0 saturated heterocycles. The van der Waals surface area contributed by atoms with Crippen molar-refractivity contribution in [3.05, 3.63) is 33.3 Å². The smallest absolute Gasteiger partial charge is 0.0738 e. The average Bonchev–Trinajstić information content (AvgIpc) is 2.88. The number of nitrogens with zero attached hydrogens (tertiary/aromatic N) is 4. The topological polar surface area (TPSA) is 47.7 Å². The van der Waals surface area contributed by atoms with E-state index in [2.05, 4.69) is 49.1 Å². The van der Waals surface area contributed by atoms with Crippen LogP contribution in [0.5, 0.6) is 0 Å². The van der Waals surface area contributed by atoms with Gasteiger partial charge >= 0.3 is 0 Å². The van der Waals surface area contributed by atoms with Crippen molar-refractivity contribution < 1.29 is 0 Å². The fourth-order valence-corrected chi connectivity index (χ4v) is 3.01. The van der Waals surface area contributed by atoms with E-state index in [4.69, 9.17) is 0 Å². The molecule has 1 atom stereocenters. The Morgan fingerprint density at radius 3 is 2.55 bits per heavy atom. The SMILES string of the molecule is CCn1nc(C)c(Br)c1CC(NC)c1cc(C)nn1C. The van der Waals surface area contributed by atoms with Crippen molar-refractivity contribution in [1.82, 2.24) is 24.9 Å². The largest absolute Gasteiger partial charge is 0.311 e. The molecule has 0 amide bonds. The highest BCUT2D eigenvalue weighted by Crippen LogP contribution is 2.26. The highest BCUT2D eigenvalue weighted by Gasteiger charge is 2.20. The fourth-order valence-electron chi connectivity index (χ4n) is 2.57. The van der Waals surface area contributed by atoms with Gasteiger partial charge < -0.3 is 5.32 Å². The standard InChI is InChI=1S/C14H22BrN5/c1-6-20-13(14(15)10(3)18-20)8-11(16-4)12-7-9(2)17-19(12)5/h7,11,16H,6,8H2,1-5H3. The van der Waals surface area contributed by atoms with Crippen LogP contribution in [0, 0.1) is 13.8 Å². The summed E-state index contributed by atoms with van der Waals surface area (Å²) in [4.78, 5) is 0. The van der Waals surface area contributed by atoms with E-state index < -0.39 is 0 Å². The zero-order chi connectivity index (χ0) is 14.9. The zero-order valence-electron chi connectivity index (χ0n) is 12.7. The molecule has 1 unspecified atom stereocenters. The van der Waals surface area contributed by atoms with Crippen molar-refractivity contribution in [1.29, 1.82) is 0 Å². The van der Waals surface area contributed by atoms with Gasteiger partial charge in [-0.2, -0.15) is 10.2 Å². The molecule has 110 valence electrons. The molecule has 0 spiro atoms. The molecule has 0 aromatic carbocycles.